The first-order valence-corrected chi connectivity index (χ1v) is 7.91. The van der Waals surface area contributed by atoms with Crippen LogP contribution in [0.5, 0.6) is 0 Å². The number of nitrogens with zero attached hydrogens (tertiary/aromatic N) is 5. The molecule has 8 amide bonds. The summed E-state index contributed by atoms with van der Waals surface area (Å²) in [6, 6.07) is -2.45. The van der Waals surface area contributed by atoms with Gasteiger partial charge in [-0.25, -0.2) is 14.4 Å². The van der Waals surface area contributed by atoms with Gasteiger partial charge in [0.1, 0.15) is 0 Å². The third-order valence-electron chi connectivity index (χ3n) is 3.37. The normalized spacial score (nSPS) is 13.0. The molecule has 0 aromatic carbocycles. The molecule has 5 N–H and O–H groups in total. The van der Waals surface area contributed by atoms with Gasteiger partial charge in [0.25, 0.3) is 0 Å². The fourth-order valence-electron chi connectivity index (χ4n) is 2.03. The number of nitrogens with one attached hydrogen (secondary N) is 5. The number of hydrazine groups is 1. The molecule has 1 aliphatic heterocycles. The predicted octanol–water partition coefficient (Wildman–Crippen LogP) is -1.42. The SMILES string of the molecule is CNC(=O)Nc1nc(NN2C(=O)CCC2=O)nc(N(C(=O)NC)C(=O)NC)n1. The van der Waals surface area contributed by atoms with Gasteiger partial charge in [-0.3, -0.25) is 20.3 Å². The Morgan fingerprint density at radius 2 is 1.39 bits per heavy atom. The van der Waals surface area contributed by atoms with E-state index in [9.17, 15) is 24.0 Å². The van der Waals surface area contributed by atoms with Crippen LogP contribution in [0.25, 0.3) is 0 Å². The summed E-state index contributed by atoms with van der Waals surface area (Å²) in [5.74, 6) is -2.19. The zero-order valence-corrected chi connectivity index (χ0v) is 15.2. The Kier molecular flexibility index (Phi) is 6.20. The van der Waals surface area contributed by atoms with E-state index in [1.807, 2.05) is 0 Å². The maximum absolute atomic E-state index is 12.1. The third-order valence-corrected chi connectivity index (χ3v) is 3.37. The van der Waals surface area contributed by atoms with Crippen LogP contribution < -0.4 is 31.6 Å². The molecule has 15 heteroatoms. The van der Waals surface area contributed by atoms with E-state index < -0.39 is 35.9 Å². The fraction of sp³-hybridized carbons (Fsp3) is 0.385. The molecule has 0 saturated carbocycles. The fourth-order valence-corrected chi connectivity index (χ4v) is 2.03. The highest BCUT2D eigenvalue weighted by molar-refractivity contribution is 6.12. The van der Waals surface area contributed by atoms with Gasteiger partial charge in [-0.2, -0.15) is 24.9 Å². The highest BCUT2D eigenvalue weighted by Crippen LogP contribution is 2.17. The predicted molar refractivity (Wildman–Crippen MR) is 94.0 cm³/mol. The van der Waals surface area contributed by atoms with Gasteiger partial charge in [-0.15, -0.1) is 0 Å². The largest absolute Gasteiger partial charge is 0.341 e. The Labute approximate surface area is 158 Å². The lowest BCUT2D eigenvalue weighted by atomic mass is 10.4. The number of urea groups is 3. The summed E-state index contributed by atoms with van der Waals surface area (Å²) in [6.07, 6.45) is 0.0193. The van der Waals surface area contributed by atoms with Gasteiger partial charge >= 0.3 is 18.1 Å². The van der Waals surface area contributed by atoms with E-state index in [1.165, 1.54) is 21.1 Å². The second-order valence-corrected chi connectivity index (χ2v) is 5.17. The molecule has 0 bridgehead atoms. The standard InChI is InChI=1S/C13H18N10O5/c1-14-11(26)20-8-17-9(21-23-6(24)4-5-7(23)25)19-10(18-8)22(12(27)15-2)13(28)16-3/h4-5H2,1-3H3,(H,15,27)(H,16,28)(H3,14,17,18,19,20,21,26). The Morgan fingerprint density at radius 3 is 1.89 bits per heavy atom. The van der Waals surface area contributed by atoms with Gasteiger partial charge in [-0.05, 0) is 0 Å². The van der Waals surface area contributed by atoms with E-state index in [-0.39, 0.29) is 24.7 Å². The van der Waals surface area contributed by atoms with Gasteiger partial charge in [0.05, 0.1) is 0 Å². The minimum atomic E-state index is -0.879. The molecule has 0 aliphatic carbocycles. The minimum Gasteiger partial charge on any atom is -0.341 e. The van der Waals surface area contributed by atoms with Crippen molar-refractivity contribution in [2.75, 3.05) is 36.8 Å². The molecular formula is C13H18N10O5. The number of hydrogen-bond acceptors (Lipinski definition) is 9. The molecular weight excluding hydrogens is 376 g/mol. The van der Waals surface area contributed by atoms with Crippen LogP contribution in [0.1, 0.15) is 12.8 Å². The Hall–Kier alpha value is -4.04. The molecule has 0 unspecified atom stereocenters. The number of carbonyl (C=O) groups is 5. The summed E-state index contributed by atoms with van der Waals surface area (Å²) in [5, 5.41) is 9.72. The molecule has 1 aliphatic rings. The van der Waals surface area contributed by atoms with E-state index in [0.717, 1.165) is 0 Å². The van der Waals surface area contributed by atoms with Crippen LogP contribution in [0.3, 0.4) is 0 Å². The maximum atomic E-state index is 12.1. The van der Waals surface area contributed by atoms with E-state index in [2.05, 4.69) is 41.6 Å². The second-order valence-electron chi connectivity index (χ2n) is 5.17. The average Bonchev–Trinajstić information content (AvgIpc) is 2.99. The van der Waals surface area contributed by atoms with Crippen molar-refractivity contribution in [3.8, 4) is 0 Å². The summed E-state index contributed by atoms with van der Waals surface area (Å²) in [5.41, 5.74) is 2.39. The first-order valence-electron chi connectivity index (χ1n) is 7.91. The maximum Gasteiger partial charge on any atom is 0.332 e. The lowest BCUT2D eigenvalue weighted by molar-refractivity contribution is -0.136. The smallest absolute Gasteiger partial charge is 0.332 e. The number of rotatable bonds is 4. The lowest BCUT2D eigenvalue weighted by Crippen LogP contribution is -2.48. The summed E-state index contributed by atoms with van der Waals surface area (Å²) in [6.45, 7) is 0. The number of carbonyl (C=O) groups excluding carboxylic acids is 5. The van der Waals surface area contributed by atoms with Crippen molar-refractivity contribution in [1.82, 2.24) is 35.9 Å². The minimum absolute atomic E-state index is 0.00965. The van der Waals surface area contributed by atoms with Crippen LogP contribution in [-0.4, -0.2) is 71.0 Å². The molecule has 1 aromatic heterocycles. The molecule has 2 rings (SSSR count). The average molecular weight is 394 g/mol. The van der Waals surface area contributed by atoms with Crippen LogP contribution in [0.4, 0.5) is 32.2 Å². The molecule has 28 heavy (non-hydrogen) atoms. The van der Waals surface area contributed by atoms with Crippen LogP contribution in [0, 0.1) is 0 Å². The summed E-state index contributed by atoms with van der Waals surface area (Å²) >= 11 is 0. The van der Waals surface area contributed by atoms with Crippen LogP contribution in [0.2, 0.25) is 0 Å². The number of anilines is 3. The third kappa shape index (κ3) is 4.37. The van der Waals surface area contributed by atoms with Gasteiger partial charge < -0.3 is 16.0 Å². The first kappa shape index (κ1) is 20.3. The molecule has 2 heterocycles. The summed E-state index contributed by atoms with van der Waals surface area (Å²) in [7, 11) is 3.91. The van der Waals surface area contributed by atoms with E-state index in [4.69, 9.17) is 0 Å². The van der Waals surface area contributed by atoms with Crippen molar-refractivity contribution < 1.29 is 24.0 Å². The van der Waals surface area contributed by atoms with Gasteiger partial charge in [0, 0.05) is 34.0 Å². The number of imide groups is 2. The van der Waals surface area contributed by atoms with Crippen molar-refractivity contribution >= 4 is 47.8 Å². The van der Waals surface area contributed by atoms with Crippen LogP contribution in [0.15, 0.2) is 0 Å². The first-order chi connectivity index (χ1) is 13.3. The topological polar surface area (TPSA) is 191 Å². The van der Waals surface area contributed by atoms with Crippen molar-refractivity contribution in [3.63, 3.8) is 0 Å². The number of amides is 8. The Balaban J connectivity index is 2.48. The molecule has 1 saturated heterocycles. The zero-order valence-electron chi connectivity index (χ0n) is 15.2. The van der Waals surface area contributed by atoms with E-state index in [0.29, 0.717) is 9.91 Å². The highest BCUT2D eigenvalue weighted by atomic mass is 16.2. The zero-order chi connectivity index (χ0) is 20.8. The van der Waals surface area contributed by atoms with Crippen LogP contribution >= 0.6 is 0 Å². The summed E-state index contributed by atoms with van der Waals surface area (Å²) in [4.78, 5) is 71.4. The van der Waals surface area contributed by atoms with E-state index in [1.54, 1.807) is 0 Å². The molecule has 0 spiro atoms. The van der Waals surface area contributed by atoms with Crippen molar-refractivity contribution in [2.45, 2.75) is 12.8 Å². The Morgan fingerprint density at radius 1 is 0.857 bits per heavy atom. The monoisotopic (exact) mass is 394 g/mol. The van der Waals surface area contributed by atoms with Crippen molar-refractivity contribution in [3.05, 3.63) is 0 Å². The summed E-state index contributed by atoms with van der Waals surface area (Å²) < 4.78 is 0. The molecule has 1 fully saturated rings. The molecule has 150 valence electrons. The highest BCUT2D eigenvalue weighted by Gasteiger charge is 2.31. The second kappa shape index (κ2) is 8.56. The van der Waals surface area contributed by atoms with Crippen LogP contribution in [-0.2, 0) is 9.59 Å². The van der Waals surface area contributed by atoms with Crippen molar-refractivity contribution in [1.29, 1.82) is 0 Å². The quantitative estimate of drug-likeness (QED) is 0.381. The van der Waals surface area contributed by atoms with Gasteiger partial charge in [0.15, 0.2) is 0 Å². The molecule has 0 radical (unpaired) electrons. The lowest BCUT2D eigenvalue weighted by Gasteiger charge is -2.20. The molecule has 0 atom stereocenters. The number of aromatic nitrogens is 3. The van der Waals surface area contributed by atoms with Gasteiger partial charge in [0.2, 0.25) is 29.7 Å². The number of hydrogen-bond donors (Lipinski definition) is 5. The molecule has 1 aromatic rings. The van der Waals surface area contributed by atoms with Crippen molar-refractivity contribution in [2.24, 2.45) is 0 Å². The molecule has 15 nitrogen and oxygen atoms in total. The van der Waals surface area contributed by atoms with Gasteiger partial charge in [-0.1, -0.05) is 0 Å². The van der Waals surface area contributed by atoms with E-state index >= 15 is 0 Å². The Bertz CT molecular complexity index is 796.